The molecule has 1 N–H and O–H groups in total. The lowest BCUT2D eigenvalue weighted by atomic mass is 10.2. The molecule has 110 valence electrons. The van der Waals surface area contributed by atoms with Gasteiger partial charge in [0.15, 0.2) is 5.82 Å². The van der Waals surface area contributed by atoms with Gasteiger partial charge in [0.05, 0.1) is 22.0 Å². The predicted octanol–water partition coefficient (Wildman–Crippen LogP) is 2.25. The second-order valence-corrected chi connectivity index (χ2v) is 6.41. The van der Waals surface area contributed by atoms with E-state index in [2.05, 4.69) is 9.82 Å². The number of nitrogens with zero attached hydrogens (tertiary/aromatic N) is 3. The van der Waals surface area contributed by atoms with Crippen LogP contribution in [0.2, 0.25) is 0 Å². The summed E-state index contributed by atoms with van der Waals surface area (Å²) in [5, 5.41) is 13.7. The molecule has 0 fully saturated rings. The third-order valence-electron chi connectivity index (χ3n) is 3.28. The van der Waals surface area contributed by atoms with Crippen molar-refractivity contribution >= 4 is 26.7 Å². The molecule has 0 spiro atoms. The molecule has 0 aliphatic carbocycles. The summed E-state index contributed by atoms with van der Waals surface area (Å²) in [5.41, 5.74) is 1.24. The van der Waals surface area contributed by atoms with E-state index in [9.17, 15) is 8.42 Å². The van der Waals surface area contributed by atoms with Gasteiger partial charge in [0.1, 0.15) is 0 Å². The van der Waals surface area contributed by atoms with E-state index in [0.29, 0.717) is 5.56 Å². The molecule has 0 bridgehead atoms. The standard InChI is InChI=1S/C15H12N4O2S/c1-19-14-5-3-2-4-13(14)15(17-19)18-22(20,21)12-8-6-11(10-16)7-9-12/h2-9H,1H3,(H,17,18). The number of hydrogen-bond acceptors (Lipinski definition) is 4. The predicted molar refractivity (Wildman–Crippen MR) is 82.7 cm³/mol. The average Bonchev–Trinajstić information content (AvgIpc) is 2.83. The summed E-state index contributed by atoms with van der Waals surface area (Å²) in [6, 6.07) is 15.0. The summed E-state index contributed by atoms with van der Waals surface area (Å²) in [4.78, 5) is 0.0845. The number of sulfonamides is 1. The lowest BCUT2D eigenvalue weighted by Gasteiger charge is -2.05. The molecule has 0 aliphatic rings. The number of aryl methyl sites for hydroxylation is 1. The van der Waals surface area contributed by atoms with Crippen molar-refractivity contribution in [2.45, 2.75) is 4.90 Å². The third kappa shape index (κ3) is 2.40. The molecule has 7 heteroatoms. The van der Waals surface area contributed by atoms with Crippen LogP contribution in [0.15, 0.2) is 53.4 Å². The second-order valence-electron chi connectivity index (χ2n) is 4.73. The largest absolute Gasteiger partial charge is 0.266 e. The Morgan fingerprint density at radius 2 is 1.82 bits per heavy atom. The molecule has 3 rings (SSSR count). The van der Waals surface area contributed by atoms with E-state index in [1.165, 1.54) is 24.3 Å². The van der Waals surface area contributed by atoms with E-state index in [0.717, 1.165) is 10.9 Å². The molecule has 0 saturated heterocycles. The molecule has 3 aromatic rings. The van der Waals surface area contributed by atoms with Crippen molar-refractivity contribution in [3.05, 3.63) is 54.1 Å². The van der Waals surface area contributed by atoms with Crippen LogP contribution in [0.1, 0.15) is 5.56 Å². The SMILES string of the molecule is Cn1nc(NS(=O)(=O)c2ccc(C#N)cc2)c2ccccc21. The van der Waals surface area contributed by atoms with Crippen molar-refractivity contribution in [2.24, 2.45) is 7.05 Å². The van der Waals surface area contributed by atoms with Crippen LogP contribution in [0.3, 0.4) is 0 Å². The molecule has 0 aliphatic heterocycles. The summed E-state index contributed by atoms with van der Waals surface area (Å²) < 4.78 is 28.9. The second kappa shape index (κ2) is 5.16. The van der Waals surface area contributed by atoms with Crippen molar-refractivity contribution in [2.75, 3.05) is 4.72 Å². The highest BCUT2D eigenvalue weighted by Crippen LogP contribution is 2.24. The molecule has 22 heavy (non-hydrogen) atoms. The van der Waals surface area contributed by atoms with Gasteiger partial charge in [-0.1, -0.05) is 12.1 Å². The molecule has 0 saturated carbocycles. The quantitative estimate of drug-likeness (QED) is 0.803. The first-order valence-corrected chi connectivity index (χ1v) is 7.94. The van der Waals surface area contributed by atoms with Gasteiger partial charge >= 0.3 is 0 Å². The molecule has 2 aromatic carbocycles. The minimum Gasteiger partial charge on any atom is -0.266 e. The fraction of sp³-hybridized carbons (Fsp3) is 0.0667. The van der Waals surface area contributed by atoms with Gasteiger partial charge in [-0.3, -0.25) is 9.40 Å². The van der Waals surface area contributed by atoms with Gasteiger partial charge < -0.3 is 0 Å². The number of aromatic nitrogens is 2. The van der Waals surface area contributed by atoms with Gasteiger partial charge in [-0.25, -0.2) is 8.42 Å². The van der Waals surface area contributed by atoms with Gasteiger partial charge in [-0.2, -0.15) is 10.4 Å². The van der Waals surface area contributed by atoms with Crippen molar-refractivity contribution in [1.82, 2.24) is 9.78 Å². The topological polar surface area (TPSA) is 87.8 Å². The number of nitriles is 1. The first-order chi connectivity index (χ1) is 10.5. The summed E-state index contributed by atoms with van der Waals surface area (Å²) in [6.45, 7) is 0. The van der Waals surface area contributed by atoms with E-state index >= 15 is 0 Å². The Balaban J connectivity index is 2.01. The van der Waals surface area contributed by atoms with Gasteiger partial charge in [0.2, 0.25) is 0 Å². The Bertz CT molecular complexity index is 983. The molecule has 6 nitrogen and oxygen atoms in total. The monoisotopic (exact) mass is 312 g/mol. The molecular formula is C15H12N4O2S. The van der Waals surface area contributed by atoms with Crippen LogP contribution < -0.4 is 4.72 Å². The van der Waals surface area contributed by atoms with Crippen LogP contribution in [-0.2, 0) is 17.1 Å². The lowest BCUT2D eigenvalue weighted by Crippen LogP contribution is -2.13. The van der Waals surface area contributed by atoms with Gasteiger partial charge in [0.25, 0.3) is 10.0 Å². The number of anilines is 1. The minimum atomic E-state index is -3.75. The number of fused-ring (bicyclic) bond motifs is 1. The molecule has 1 aromatic heterocycles. The third-order valence-corrected chi connectivity index (χ3v) is 4.64. The Kier molecular flexibility index (Phi) is 3.31. The molecule has 1 heterocycles. The average molecular weight is 312 g/mol. The fourth-order valence-electron chi connectivity index (χ4n) is 2.18. The maximum absolute atomic E-state index is 12.4. The van der Waals surface area contributed by atoms with Crippen molar-refractivity contribution in [1.29, 1.82) is 5.26 Å². The molecular weight excluding hydrogens is 300 g/mol. The van der Waals surface area contributed by atoms with E-state index < -0.39 is 10.0 Å². The van der Waals surface area contributed by atoms with Crippen molar-refractivity contribution < 1.29 is 8.42 Å². The van der Waals surface area contributed by atoms with Crippen LogP contribution in [-0.4, -0.2) is 18.2 Å². The van der Waals surface area contributed by atoms with Crippen molar-refractivity contribution in [3.8, 4) is 6.07 Å². The Hall–Kier alpha value is -2.85. The maximum atomic E-state index is 12.4. The minimum absolute atomic E-state index is 0.0845. The highest BCUT2D eigenvalue weighted by Gasteiger charge is 2.18. The summed E-state index contributed by atoms with van der Waals surface area (Å²) in [7, 11) is -2.00. The van der Waals surface area contributed by atoms with Crippen LogP contribution in [0.4, 0.5) is 5.82 Å². The summed E-state index contributed by atoms with van der Waals surface area (Å²) >= 11 is 0. The molecule has 0 radical (unpaired) electrons. The first-order valence-electron chi connectivity index (χ1n) is 6.46. The van der Waals surface area contributed by atoms with E-state index in [1.54, 1.807) is 17.8 Å². The van der Waals surface area contributed by atoms with Crippen LogP contribution in [0.5, 0.6) is 0 Å². The smallest absolute Gasteiger partial charge is 0.263 e. The zero-order chi connectivity index (χ0) is 15.7. The fourth-order valence-corrected chi connectivity index (χ4v) is 3.20. The highest BCUT2D eigenvalue weighted by atomic mass is 32.2. The van der Waals surface area contributed by atoms with Crippen LogP contribution >= 0.6 is 0 Å². The highest BCUT2D eigenvalue weighted by molar-refractivity contribution is 7.92. The van der Waals surface area contributed by atoms with Gasteiger partial charge in [-0.05, 0) is 36.4 Å². The Labute approximate surface area is 127 Å². The molecule has 0 unspecified atom stereocenters. The number of nitrogens with one attached hydrogen (secondary N) is 1. The normalized spacial score (nSPS) is 11.3. The number of benzene rings is 2. The number of para-hydroxylation sites is 1. The molecule has 0 amide bonds. The maximum Gasteiger partial charge on any atom is 0.263 e. The number of hydrogen-bond donors (Lipinski definition) is 1. The van der Waals surface area contributed by atoms with Gasteiger partial charge in [-0.15, -0.1) is 0 Å². The van der Waals surface area contributed by atoms with Gasteiger partial charge in [0, 0.05) is 12.4 Å². The Morgan fingerprint density at radius 3 is 2.50 bits per heavy atom. The Morgan fingerprint density at radius 1 is 1.14 bits per heavy atom. The summed E-state index contributed by atoms with van der Waals surface area (Å²) in [5.74, 6) is 0.280. The lowest BCUT2D eigenvalue weighted by molar-refractivity contribution is 0.601. The zero-order valence-corrected chi connectivity index (χ0v) is 12.5. The van der Waals surface area contributed by atoms with Crippen molar-refractivity contribution in [3.63, 3.8) is 0 Å². The summed E-state index contributed by atoms with van der Waals surface area (Å²) in [6.07, 6.45) is 0. The van der Waals surface area contributed by atoms with E-state index in [4.69, 9.17) is 5.26 Å². The van der Waals surface area contributed by atoms with Crippen LogP contribution in [0.25, 0.3) is 10.9 Å². The first kappa shape index (κ1) is 14.1. The number of rotatable bonds is 3. The van der Waals surface area contributed by atoms with E-state index in [1.807, 2.05) is 24.3 Å². The van der Waals surface area contributed by atoms with E-state index in [-0.39, 0.29) is 10.7 Å². The zero-order valence-electron chi connectivity index (χ0n) is 11.7. The van der Waals surface area contributed by atoms with Crippen LogP contribution in [0, 0.1) is 11.3 Å². The molecule has 0 atom stereocenters.